The summed E-state index contributed by atoms with van der Waals surface area (Å²) >= 11 is 0. The molecule has 4 rings (SSSR count). The second-order valence-corrected chi connectivity index (χ2v) is 6.50. The molecule has 4 heteroatoms. The van der Waals surface area contributed by atoms with Crippen molar-refractivity contribution in [1.29, 1.82) is 0 Å². The molecule has 110 valence electrons. The normalized spacial score (nSPS) is 30.6. The number of methoxy groups -OCH3 is 1. The number of esters is 1. The van der Waals surface area contributed by atoms with Crippen LogP contribution >= 0.6 is 0 Å². The fourth-order valence-corrected chi connectivity index (χ4v) is 3.90. The fourth-order valence-electron chi connectivity index (χ4n) is 3.90. The topological polar surface area (TPSA) is 55.4 Å². The molecule has 3 aliphatic rings. The molecule has 0 aromatic heterocycles. The second kappa shape index (κ2) is 4.33. The number of rotatable bonds is 3. The molecule has 0 aliphatic heterocycles. The highest BCUT2D eigenvalue weighted by Crippen LogP contribution is 2.55. The van der Waals surface area contributed by atoms with E-state index in [9.17, 15) is 9.59 Å². The number of fused-ring (bicyclic) bond motifs is 3. The van der Waals surface area contributed by atoms with Crippen LogP contribution in [0, 0.1) is 11.3 Å². The number of nitrogens with one attached hydrogen (secondary N) is 1. The summed E-state index contributed by atoms with van der Waals surface area (Å²) < 4.78 is 4.78. The van der Waals surface area contributed by atoms with Crippen molar-refractivity contribution in [2.75, 3.05) is 7.11 Å². The Bertz CT molecular complexity index is 620. The fraction of sp³-hybridized carbons (Fsp3) is 0.529. The molecule has 2 fully saturated rings. The average molecular weight is 285 g/mol. The van der Waals surface area contributed by atoms with Crippen molar-refractivity contribution in [3.8, 4) is 0 Å². The quantitative estimate of drug-likeness (QED) is 0.680. The number of amides is 1. The van der Waals surface area contributed by atoms with E-state index in [1.54, 1.807) is 0 Å². The van der Waals surface area contributed by atoms with Gasteiger partial charge in [0, 0.05) is 12.0 Å². The highest BCUT2D eigenvalue weighted by Gasteiger charge is 2.61. The van der Waals surface area contributed by atoms with E-state index in [-0.39, 0.29) is 17.9 Å². The maximum atomic E-state index is 12.4. The number of hydrogen-bond acceptors (Lipinski definition) is 3. The van der Waals surface area contributed by atoms with Crippen molar-refractivity contribution in [3.05, 3.63) is 35.4 Å². The lowest BCUT2D eigenvalue weighted by molar-refractivity contribution is -0.152. The summed E-state index contributed by atoms with van der Waals surface area (Å²) in [5.41, 5.74) is 1.89. The van der Waals surface area contributed by atoms with Crippen molar-refractivity contribution in [2.24, 2.45) is 11.3 Å². The Labute approximate surface area is 123 Å². The molecule has 0 saturated heterocycles. The third-order valence-corrected chi connectivity index (χ3v) is 5.39. The van der Waals surface area contributed by atoms with Gasteiger partial charge in [-0.25, -0.2) is 0 Å². The zero-order valence-corrected chi connectivity index (χ0v) is 12.1. The van der Waals surface area contributed by atoms with Gasteiger partial charge in [-0.15, -0.1) is 0 Å². The number of carbonyl (C=O) groups is 2. The van der Waals surface area contributed by atoms with Crippen molar-refractivity contribution in [1.82, 2.24) is 5.32 Å². The van der Waals surface area contributed by atoms with Gasteiger partial charge in [-0.2, -0.15) is 0 Å². The van der Waals surface area contributed by atoms with Gasteiger partial charge in [-0.3, -0.25) is 9.59 Å². The maximum absolute atomic E-state index is 12.4. The first kappa shape index (κ1) is 12.9. The minimum absolute atomic E-state index is 0.133. The van der Waals surface area contributed by atoms with Gasteiger partial charge in [0.05, 0.1) is 7.11 Å². The molecule has 1 aromatic carbocycles. The molecule has 21 heavy (non-hydrogen) atoms. The largest absolute Gasteiger partial charge is 0.468 e. The van der Waals surface area contributed by atoms with Gasteiger partial charge >= 0.3 is 5.97 Å². The first-order chi connectivity index (χ1) is 10.2. The lowest BCUT2D eigenvalue weighted by Gasteiger charge is -2.13. The predicted octanol–water partition coefficient (Wildman–Crippen LogP) is 1.78. The Morgan fingerprint density at radius 2 is 2.05 bits per heavy atom. The minimum Gasteiger partial charge on any atom is -0.468 e. The van der Waals surface area contributed by atoms with Crippen molar-refractivity contribution in [3.63, 3.8) is 0 Å². The second-order valence-electron chi connectivity index (χ2n) is 6.50. The summed E-state index contributed by atoms with van der Waals surface area (Å²) in [6.07, 6.45) is 3.44. The van der Waals surface area contributed by atoms with Crippen LogP contribution < -0.4 is 5.32 Å². The summed E-state index contributed by atoms with van der Waals surface area (Å²) in [5, 5.41) is 3.12. The van der Waals surface area contributed by atoms with E-state index >= 15 is 0 Å². The van der Waals surface area contributed by atoms with Crippen LogP contribution in [-0.2, 0) is 20.7 Å². The number of ether oxygens (including phenoxy) is 1. The number of hydrogen-bond donors (Lipinski definition) is 1. The lowest BCUT2D eigenvalue weighted by Crippen LogP contribution is -2.39. The molecule has 3 atom stereocenters. The van der Waals surface area contributed by atoms with Crippen LogP contribution in [0.4, 0.5) is 0 Å². The van der Waals surface area contributed by atoms with Crippen LogP contribution in [0.25, 0.3) is 0 Å². The molecule has 0 heterocycles. The molecule has 2 saturated carbocycles. The van der Waals surface area contributed by atoms with E-state index in [0.717, 1.165) is 12.8 Å². The van der Waals surface area contributed by atoms with E-state index in [1.165, 1.54) is 18.2 Å². The molecule has 1 amide bonds. The van der Waals surface area contributed by atoms with Gasteiger partial charge < -0.3 is 10.1 Å². The number of benzene rings is 1. The molecule has 4 nitrogen and oxygen atoms in total. The lowest BCUT2D eigenvalue weighted by atomic mass is 9.92. The standard InChI is InChI=1S/C17H19NO3/c1-21-16(20)17(8-9-17)15(19)18-14-12-7-6-10-4-2-3-5-11(10)13(12)14/h2-5,12-14H,6-9H2,1H3,(H,18,19)/t12-,13-,14-/m1/s1. The van der Waals surface area contributed by atoms with Crippen LogP contribution in [0.1, 0.15) is 36.3 Å². The number of aryl methyl sites for hydroxylation is 1. The third kappa shape index (κ3) is 1.81. The molecule has 1 N–H and O–H groups in total. The summed E-state index contributed by atoms with van der Waals surface area (Å²) in [6, 6.07) is 8.69. The smallest absolute Gasteiger partial charge is 0.321 e. The summed E-state index contributed by atoms with van der Waals surface area (Å²) in [4.78, 5) is 24.2. The average Bonchev–Trinajstić information content (AvgIpc) is 3.41. The predicted molar refractivity (Wildman–Crippen MR) is 76.6 cm³/mol. The van der Waals surface area contributed by atoms with Crippen molar-refractivity contribution in [2.45, 2.75) is 37.6 Å². The zero-order chi connectivity index (χ0) is 14.6. The molecule has 0 bridgehead atoms. The molecule has 0 spiro atoms. The summed E-state index contributed by atoms with van der Waals surface area (Å²) in [6.45, 7) is 0. The Morgan fingerprint density at radius 3 is 2.76 bits per heavy atom. The highest BCUT2D eigenvalue weighted by molar-refractivity contribution is 6.05. The van der Waals surface area contributed by atoms with E-state index in [2.05, 4.69) is 29.6 Å². The SMILES string of the molecule is COC(=O)C1(C(=O)N[C@@H]2[C@@H]3CCc4ccccc4[C@H]32)CC1. The molecular weight excluding hydrogens is 266 g/mol. The van der Waals surface area contributed by atoms with E-state index in [1.807, 2.05) is 0 Å². The van der Waals surface area contributed by atoms with E-state index in [4.69, 9.17) is 4.74 Å². The first-order valence-corrected chi connectivity index (χ1v) is 7.64. The monoisotopic (exact) mass is 285 g/mol. The Hall–Kier alpha value is -1.84. The molecule has 3 aliphatic carbocycles. The van der Waals surface area contributed by atoms with Gasteiger partial charge in [-0.05, 0) is 42.7 Å². The van der Waals surface area contributed by atoms with Gasteiger partial charge in [0.1, 0.15) is 5.41 Å². The Morgan fingerprint density at radius 1 is 1.29 bits per heavy atom. The van der Waals surface area contributed by atoms with Crippen LogP contribution in [0.3, 0.4) is 0 Å². The van der Waals surface area contributed by atoms with E-state index < -0.39 is 5.41 Å². The van der Waals surface area contributed by atoms with Crippen LogP contribution in [0.15, 0.2) is 24.3 Å². The minimum atomic E-state index is -0.889. The molecular formula is C17H19NO3. The third-order valence-electron chi connectivity index (χ3n) is 5.39. The Kier molecular flexibility index (Phi) is 2.65. The highest BCUT2D eigenvalue weighted by atomic mass is 16.5. The molecule has 0 unspecified atom stereocenters. The van der Waals surface area contributed by atoms with Crippen LogP contribution in [-0.4, -0.2) is 25.0 Å². The molecule has 0 radical (unpaired) electrons. The van der Waals surface area contributed by atoms with Gasteiger partial charge in [0.15, 0.2) is 0 Å². The van der Waals surface area contributed by atoms with E-state index in [0.29, 0.717) is 24.7 Å². The Balaban J connectivity index is 1.49. The summed E-state index contributed by atoms with van der Waals surface area (Å²) in [7, 11) is 1.35. The van der Waals surface area contributed by atoms with Gasteiger partial charge in [-0.1, -0.05) is 24.3 Å². The number of carbonyl (C=O) groups excluding carboxylic acids is 2. The maximum Gasteiger partial charge on any atom is 0.321 e. The first-order valence-electron chi connectivity index (χ1n) is 7.64. The summed E-state index contributed by atoms with van der Waals surface area (Å²) in [5.74, 6) is 0.458. The zero-order valence-electron chi connectivity index (χ0n) is 12.1. The molecule has 1 aromatic rings. The van der Waals surface area contributed by atoms with Gasteiger partial charge in [0.25, 0.3) is 0 Å². The van der Waals surface area contributed by atoms with Crippen LogP contribution in [0.2, 0.25) is 0 Å². The van der Waals surface area contributed by atoms with Crippen LogP contribution in [0.5, 0.6) is 0 Å². The van der Waals surface area contributed by atoms with Crippen molar-refractivity contribution >= 4 is 11.9 Å². The van der Waals surface area contributed by atoms with Gasteiger partial charge in [0.2, 0.25) is 5.91 Å². The van der Waals surface area contributed by atoms with Crippen molar-refractivity contribution < 1.29 is 14.3 Å².